The molecule has 5 rings (SSSR count). The smallest absolute Gasteiger partial charge is 0.228 e. The molecule has 8 heteroatoms. The highest BCUT2D eigenvalue weighted by Crippen LogP contribution is 2.32. The lowest BCUT2D eigenvalue weighted by Gasteiger charge is -2.41. The first-order chi connectivity index (χ1) is 16.9. The minimum absolute atomic E-state index is 0.0486. The summed E-state index contributed by atoms with van der Waals surface area (Å²) in [7, 11) is 0. The van der Waals surface area contributed by atoms with Crippen LogP contribution in [0, 0.1) is 0 Å². The third kappa shape index (κ3) is 4.82. The van der Waals surface area contributed by atoms with Gasteiger partial charge in [0.25, 0.3) is 0 Å². The molecule has 2 atom stereocenters. The molecule has 4 heterocycles. The van der Waals surface area contributed by atoms with E-state index in [1.165, 1.54) is 0 Å². The molecule has 2 aliphatic heterocycles. The van der Waals surface area contributed by atoms with Crippen LogP contribution in [0.15, 0.2) is 48.7 Å². The lowest BCUT2D eigenvalue weighted by atomic mass is 10.1. The van der Waals surface area contributed by atoms with Crippen LogP contribution >= 0.6 is 11.6 Å². The van der Waals surface area contributed by atoms with Gasteiger partial charge < -0.3 is 14.7 Å². The van der Waals surface area contributed by atoms with E-state index in [0.717, 1.165) is 67.9 Å². The average molecular weight is 491 g/mol. The van der Waals surface area contributed by atoms with Crippen molar-refractivity contribution >= 4 is 35.0 Å². The number of Topliss-reactive ketones (excluding diaryl/α,β-unsaturated/α-hetero) is 1. The molecule has 0 aliphatic carbocycles. The van der Waals surface area contributed by atoms with E-state index in [0.29, 0.717) is 16.6 Å². The lowest BCUT2D eigenvalue weighted by Crippen LogP contribution is -2.52. The van der Waals surface area contributed by atoms with Crippen LogP contribution in [0.1, 0.15) is 44.0 Å². The molecule has 0 saturated carbocycles. The summed E-state index contributed by atoms with van der Waals surface area (Å²) in [6.07, 6.45) is 4.07. The van der Waals surface area contributed by atoms with Crippen LogP contribution in [-0.2, 0) is 0 Å². The highest BCUT2D eigenvalue weighted by atomic mass is 35.5. The van der Waals surface area contributed by atoms with E-state index in [2.05, 4.69) is 39.6 Å². The van der Waals surface area contributed by atoms with Gasteiger partial charge in [0.05, 0.1) is 10.7 Å². The van der Waals surface area contributed by atoms with Crippen LogP contribution in [0.5, 0.6) is 0 Å². The first-order valence-corrected chi connectivity index (χ1v) is 12.7. The molecule has 0 bridgehead atoms. The zero-order valence-corrected chi connectivity index (χ0v) is 21.2. The number of pyridine rings is 1. The Hall–Kier alpha value is -3.19. The van der Waals surface area contributed by atoms with Gasteiger partial charge in [0.15, 0.2) is 5.78 Å². The van der Waals surface area contributed by atoms with E-state index in [4.69, 9.17) is 21.6 Å². The third-order valence-corrected chi connectivity index (χ3v) is 7.33. The minimum atomic E-state index is 0.0486. The van der Waals surface area contributed by atoms with Crippen molar-refractivity contribution in [1.29, 1.82) is 0 Å². The fourth-order valence-electron chi connectivity index (χ4n) is 5.07. The number of hydrogen-bond acceptors (Lipinski definition) is 7. The van der Waals surface area contributed by atoms with Gasteiger partial charge in [0.1, 0.15) is 11.6 Å². The van der Waals surface area contributed by atoms with Gasteiger partial charge in [-0.2, -0.15) is 4.98 Å². The molecule has 2 aromatic heterocycles. The fraction of sp³-hybridized carbons (Fsp3) is 0.407. The summed E-state index contributed by atoms with van der Waals surface area (Å²) in [5, 5.41) is 0.674. The molecule has 2 saturated heterocycles. The predicted molar refractivity (Wildman–Crippen MR) is 142 cm³/mol. The summed E-state index contributed by atoms with van der Waals surface area (Å²) in [5.41, 5.74) is 2.46. The highest BCUT2D eigenvalue weighted by Gasteiger charge is 2.29. The molecule has 3 aromatic rings. The van der Waals surface area contributed by atoms with E-state index >= 15 is 0 Å². The van der Waals surface area contributed by atoms with Crippen molar-refractivity contribution in [3.63, 3.8) is 0 Å². The van der Waals surface area contributed by atoms with Gasteiger partial charge >= 0.3 is 0 Å². The Morgan fingerprint density at radius 3 is 2.57 bits per heavy atom. The van der Waals surface area contributed by atoms with Crippen LogP contribution in [0.2, 0.25) is 5.02 Å². The van der Waals surface area contributed by atoms with Crippen LogP contribution in [0.25, 0.3) is 11.3 Å². The second-order valence-corrected chi connectivity index (χ2v) is 9.94. The van der Waals surface area contributed by atoms with Gasteiger partial charge in [-0.3, -0.25) is 4.79 Å². The van der Waals surface area contributed by atoms with Crippen molar-refractivity contribution in [2.45, 2.75) is 45.7 Å². The van der Waals surface area contributed by atoms with E-state index in [1.54, 1.807) is 13.1 Å². The molecular formula is C27H31ClN6O. The standard InChI is InChI=1S/C27H31ClN6O/c1-18-7-6-12-34(18)27-30-24(22-9-4-8-21(15-22)20(3)35)16-25(31-27)33-14-13-32(17-19(33)2)26-23(28)10-5-11-29-26/h4-5,8-11,15-16,18-19H,6-7,12-14,17H2,1-3H3. The molecule has 0 amide bonds. The molecule has 0 spiro atoms. The zero-order chi connectivity index (χ0) is 24.5. The summed E-state index contributed by atoms with van der Waals surface area (Å²) < 4.78 is 0. The molecular weight excluding hydrogens is 460 g/mol. The number of aromatic nitrogens is 3. The van der Waals surface area contributed by atoms with Crippen molar-refractivity contribution in [1.82, 2.24) is 15.0 Å². The number of piperazine rings is 1. The number of ketones is 1. The number of carbonyl (C=O) groups is 1. The number of carbonyl (C=O) groups excluding carboxylic acids is 1. The predicted octanol–water partition coefficient (Wildman–Crippen LogP) is 5.10. The second kappa shape index (κ2) is 9.82. The molecule has 1 aromatic carbocycles. The minimum Gasteiger partial charge on any atom is -0.352 e. The molecule has 2 unspecified atom stereocenters. The van der Waals surface area contributed by atoms with Crippen LogP contribution < -0.4 is 14.7 Å². The maximum Gasteiger partial charge on any atom is 0.228 e. The summed E-state index contributed by atoms with van der Waals surface area (Å²) >= 11 is 6.42. The SMILES string of the molecule is CC(=O)c1cccc(-c2cc(N3CCN(c4ncccc4Cl)CC3C)nc(N3CCCC3C)n2)c1. The lowest BCUT2D eigenvalue weighted by molar-refractivity contribution is 0.101. The monoisotopic (exact) mass is 490 g/mol. The van der Waals surface area contributed by atoms with Gasteiger partial charge in [-0.05, 0) is 51.8 Å². The molecule has 2 aliphatic rings. The summed E-state index contributed by atoms with van der Waals surface area (Å²) in [6.45, 7) is 9.39. The van der Waals surface area contributed by atoms with E-state index in [-0.39, 0.29) is 11.8 Å². The fourth-order valence-corrected chi connectivity index (χ4v) is 5.31. The van der Waals surface area contributed by atoms with Crippen molar-refractivity contribution in [2.75, 3.05) is 40.9 Å². The largest absolute Gasteiger partial charge is 0.352 e. The Kier molecular flexibility index (Phi) is 6.60. The zero-order valence-electron chi connectivity index (χ0n) is 20.5. The molecule has 2 fully saturated rings. The number of hydrogen-bond donors (Lipinski definition) is 0. The second-order valence-electron chi connectivity index (χ2n) is 9.53. The van der Waals surface area contributed by atoms with Crippen LogP contribution in [0.4, 0.5) is 17.6 Å². The van der Waals surface area contributed by atoms with Crippen molar-refractivity contribution < 1.29 is 4.79 Å². The first kappa shape index (κ1) is 23.5. The number of rotatable bonds is 5. The summed E-state index contributed by atoms with van der Waals surface area (Å²) in [6, 6.07) is 14.1. The van der Waals surface area contributed by atoms with Crippen molar-refractivity contribution in [2.24, 2.45) is 0 Å². The summed E-state index contributed by atoms with van der Waals surface area (Å²) in [5.74, 6) is 2.55. The van der Waals surface area contributed by atoms with Gasteiger partial charge in [-0.1, -0.05) is 29.8 Å². The number of benzene rings is 1. The Labute approximate surface area is 211 Å². The molecule has 0 radical (unpaired) electrons. The average Bonchev–Trinajstić information content (AvgIpc) is 3.30. The van der Waals surface area contributed by atoms with E-state index < -0.39 is 0 Å². The Morgan fingerprint density at radius 1 is 1.00 bits per heavy atom. The maximum absolute atomic E-state index is 12.0. The van der Waals surface area contributed by atoms with Gasteiger partial charge in [-0.25, -0.2) is 9.97 Å². The van der Waals surface area contributed by atoms with E-state index in [9.17, 15) is 4.79 Å². The number of anilines is 3. The molecule has 35 heavy (non-hydrogen) atoms. The third-order valence-electron chi connectivity index (χ3n) is 7.04. The van der Waals surface area contributed by atoms with Crippen LogP contribution in [-0.4, -0.2) is 59.0 Å². The quantitative estimate of drug-likeness (QED) is 0.461. The topological polar surface area (TPSA) is 65.5 Å². The molecule has 7 nitrogen and oxygen atoms in total. The van der Waals surface area contributed by atoms with Crippen molar-refractivity contribution in [3.8, 4) is 11.3 Å². The van der Waals surface area contributed by atoms with Crippen molar-refractivity contribution in [3.05, 3.63) is 59.2 Å². The van der Waals surface area contributed by atoms with Gasteiger partial charge in [-0.15, -0.1) is 0 Å². The Morgan fingerprint density at radius 2 is 1.86 bits per heavy atom. The number of halogens is 1. The maximum atomic E-state index is 12.0. The summed E-state index contributed by atoms with van der Waals surface area (Å²) in [4.78, 5) is 33.4. The van der Waals surface area contributed by atoms with Gasteiger partial charge in [0, 0.05) is 61.7 Å². The number of nitrogens with zero attached hydrogens (tertiary/aromatic N) is 6. The Bertz CT molecular complexity index is 1230. The molecule has 0 N–H and O–H groups in total. The van der Waals surface area contributed by atoms with E-state index in [1.807, 2.05) is 36.4 Å². The molecule has 182 valence electrons. The first-order valence-electron chi connectivity index (χ1n) is 12.3. The van der Waals surface area contributed by atoms with Gasteiger partial charge in [0.2, 0.25) is 5.95 Å². The normalized spacial score (nSPS) is 20.4. The Balaban J connectivity index is 1.50. The van der Waals surface area contributed by atoms with Crippen LogP contribution in [0.3, 0.4) is 0 Å². The highest BCUT2D eigenvalue weighted by molar-refractivity contribution is 6.32.